The van der Waals surface area contributed by atoms with Crippen molar-refractivity contribution in [3.8, 4) is 0 Å². The van der Waals surface area contributed by atoms with Crippen LogP contribution in [0.5, 0.6) is 0 Å². The van der Waals surface area contributed by atoms with Gasteiger partial charge in [-0.3, -0.25) is 9.78 Å². The second-order valence-electron chi connectivity index (χ2n) is 7.06. The average molecular weight is 366 g/mol. The van der Waals surface area contributed by atoms with E-state index in [1.807, 2.05) is 18.4 Å². The summed E-state index contributed by atoms with van der Waals surface area (Å²) in [6.45, 7) is 16.3. The van der Waals surface area contributed by atoms with Gasteiger partial charge in [0.05, 0.1) is 10.9 Å². The van der Waals surface area contributed by atoms with Gasteiger partial charge in [0, 0.05) is 17.0 Å². The Hall–Kier alpha value is -1.42. The van der Waals surface area contributed by atoms with Crippen molar-refractivity contribution in [2.75, 3.05) is 0 Å². The van der Waals surface area contributed by atoms with E-state index in [4.69, 9.17) is 0 Å². The SMILES string of the molecule is C=CC(C)(CCC=C(C)C)C(CC)(C(=O)O)C(C)CC.c1cscn1. The number of thiazole rings is 1. The van der Waals surface area contributed by atoms with Crippen LogP contribution in [0.2, 0.25) is 0 Å². The highest BCUT2D eigenvalue weighted by molar-refractivity contribution is 7.07. The predicted octanol–water partition coefficient (Wildman–Crippen LogP) is 6.60. The molecule has 1 aromatic rings. The minimum absolute atomic E-state index is 0.125. The van der Waals surface area contributed by atoms with Crippen molar-refractivity contribution in [2.45, 2.75) is 67.2 Å². The third-order valence-corrected chi connectivity index (χ3v) is 5.95. The van der Waals surface area contributed by atoms with Crippen LogP contribution in [0.15, 0.2) is 41.4 Å². The molecule has 1 heterocycles. The average Bonchev–Trinajstić information content (AvgIpc) is 3.14. The second-order valence-corrected chi connectivity index (χ2v) is 7.81. The molecule has 3 atom stereocenters. The summed E-state index contributed by atoms with van der Waals surface area (Å²) in [5.41, 5.74) is 1.94. The van der Waals surface area contributed by atoms with Crippen LogP contribution in [-0.2, 0) is 4.79 Å². The van der Waals surface area contributed by atoms with Crippen molar-refractivity contribution in [3.05, 3.63) is 41.4 Å². The Morgan fingerprint density at radius 2 is 2.04 bits per heavy atom. The van der Waals surface area contributed by atoms with Crippen molar-refractivity contribution in [1.29, 1.82) is 0 Å². The lowest BCUT2D eigenvalue weighted by Gasteiger charge is -2.47. The number of carboxylic acids is 1. The molecular weight excluding hydrogens is 330 g/mol. The molecule has 4 heteroatoms. The number of aromatic nitrogens is 1. The number of carboxylic acid groups (broad SMARTS) is 1. The third kappa shape index (κ3) is 6.10. The first-order valence-electron chi connectivity index (χ1n) is 9.04. The fourth-order valence-corrected chi connectivity index (χ4v) is 3.96. The van der Waals surface area contributed by atoms with Gasteiger partial charge in [-0.05, 0) is 39.0 Å². The number of carbonyl (C=O) groups is 1. The zero-order valence-corrected chi connectivity index (χ0v) is 17.5. The molecular formula is C21H35NO2S. The van der Waals surface area contributed by atoms with Crippen molar-refractivity contribution in [1.82, 2.24) is 4.98 Å². The molecule has 3 unspecified atom stereocenters. The zero-order chi connectivity index (χ0) is 19.5. The van der Waals surface area contributed by atoms with Gasteiger partial charge in [-0.15, -0.1) is 17.9 Å². The standard InChI is InChI=1S/C18H32O2.C3H3NS/c1-8-15(6)18(10-3,16(19)20)17(7,9-2)13-11-12-14(4)5;1-2-5-3-4-1/h9,12,15H,2,8,10-11,13H2,1,3-7H3,(H,19,20);1-3H. The number of hydrogen-bond acceptors (Lipinski definition) is 3. The Kier molecular flexibility index (Phi) is 10.6. The van der Waals surface area contributed by atoms with Gasteiger partial charge in [0.2, 0.25) is 0 Å². The van der Waals surface area contributed by atoms with Crippen molar-refractivity contribution in [2.24, 2.45) is 16.7 Å². The highest BCUT2D eigenvalue weighted by Gasteiger charge is 2.53. The Morgan fingerprint density at radius 1 is 1.40 bits per heavy atom. The predicted molar refractivity (Wildman–Crippen MR) is 109 cm³/mol. The van der Waals surface area contributed by atoms with Crippen LogP contribution in [0.4, 0.5) is 0 Å². The molecule has 0 saturated heterocycles. The highest BCUT2D eigenvalue weighted by Crippen LogP contribution is 2.52. The second kappa shape index (κ2) is 11.2. The molecule has 0 fully saturated rings. The summed E-state index contributed by atoms with van der Waals surface area (Å²) in [6, 6.07) is 0. The van der Waals surface area contributed by atoms with E-state index >= 15 is 0 Å². The Morgan fingerprint density at radius 3 is 2.32 bits per heavy atom. The van der Waals surface area contributed by atoms with Gasteiger partial charge < -0.3 is 5.11 Å². The number of rotatable bonds is 9. The van der Waals surface area contributed by atoms with Crippen LogP contribution >= 0.6 is 11.3 Å². The van der Waals surface area contributed by atoms with Crippen molar-refractivity contribution < 1.29 is 9.90 Å². The van der Waals surface area contributed by atoms with E-state index in [9.17, 15) is 9.90 Å². The molecule has 142 valence electrons. The highest BCUT2D eigenvalue weighted by atomic mass is 32.1. The largest absolute Gasteiger partial charge is 0.481 e. The first-order chi connectivity index (χ1) is 11.7. The molecule has 1 rings (SSSR count). The molecule has 0 aliphatic heterocycles. The summed E-state index contributed by atoms with van der Waals surface area (Å²) in [4.78, 5) is 15.8. The maximum atomic E-state index is 12.1. The lowest BCUT2D eigenvalue weighted by molar-refractivity contribution is -0.162. The minimum Gasteiger partial charge on any atom is -0.481 e. The summed E-state index contributed by atoms with van der Waals surface area (Å²) in [5, 5.41) is 11.9. The molecule has 0 bridgehead atoms. The molecule has 0 aliphatic rings. The molecule has 1 aromatic heterocycles. The van der Waals surface area contributed by atoms with Crippen LogP contribution in [0, 0.1) is 16.7 Å². The van der Waals surface area contributed by atoms with Crippen LogP contribution < -0.4 is 0 Å². The van der Waals surface area contributed by atoms with Gasteiger partial charge in [-0.25, -0.2) is 0 Å². The molecule has 3 nitrogen and oxygen atoms in total. The van der Waals surface area contributed by atoms with Gasteiger partial charge in [0.1, 0.15) is 0 Å². The lowest BCUT2D eigenvalue weighted by atomic mass is 9.55. The van der Waals surface area contributed by atoms with Gasteiger partial charge in [0.15, 0.2) is 0 Å². The topological polar surface area (TPSA) is 50.2 Å². The fraction of sp³-hybridized carbons (Fsp3) is 0.619. The summed E-state index contributed by atoms with van der Waals surface area (Å²) >= 11 is 1.60. The Bertz CT molecular complexity index is 517. The third-order valence-electron chi connectivity index (χ3n) is 5.43. The Labute approximate surface area is 157 Å². The van der Waals surface area contributed by atoms with E-state index in [-0.39, 0.29) is 5.92 Å². The maximum Gasteiger partial charge on any atom is 0.310 e. The summed E-state index contributed by atoms with van der Waals surface area (Å²) in [7, 11) is 0. The van der Waals surface area contributed by atoms with Crippen LogP contribution in [0.1, 0.15) is 67.2 Å². The molecule has 0 aromatic carbocycles. The zero-order valence-electron chi connectivity index (χ0n) is 16.7. The summed E-state index contributed by atoms with van der Waals surface area (Å²) < 4.78 is 0. The number of aliphatic carboxylic acids is 1. The van der Waals surface area contributed by atoms with Crippen LogP contribution in [0.3, 0.4) is 0 Å². The molecule has 0 spiro atoms. The lowest BCUT2D eigenvalue weighted by Crippen LogP contribution is -2.49. The van der Waals surface area contributed by atoms with E-state index in [1.165, 1.54) is 5.57 Å². The van der Waals surface area contributed by atoms with Gasteiger partial charge in [0.25, 0.3) is 0 Å². The quantitative estimate of drug-likeness (QED) is 0.502. The molecule has 0 aliphatic carbocycles. The smallest absolute Gasteiger partial charge is 0.310 e. The van der Waals surface area contributed by atoms with E-state index in [1.54, 1.807) is 23.0 Å². The molecule has 0 amide bonds. The maximum absolute atomic E-state index is 12.1. The van der Waals surface area contributed by atoms with E-state index in [0.717, 1.165) is 19.3 Å². The van der Waals surface area contributed by atoms with Gasteiger partial charge >= 0.3 is 5.97 Å². The van der Waals surface area contributed by atoms with Gasteiger partial charge in [-0.2, -0.15) is 0 Å². The summed E-state index contributed by atoms with van der Waals surface area (Å²) in [6.07, 6.45) is 9.05. The van der Waals surface area contributed by atoms with Gasteiger partial charge in [-0.1, -0.05) is 51.8 Å². The first-order valence-corrected chi connectivity index (χ1v) is 9.98. The van der Waals surface area contributed by atoms with E-state index in [2.05, 4.69) is 52.3 Å². The first kappa shape index (κ1) is 23.6. The molecule has 1 N–H and O–H groups in total. The monoisotopic (exact) mass is 365 g/mol. The molecule has 0 saturated carbocycles. The van der Waals surface area contributed by atoms with Crippen LogP contribution in [-0.4, -0.2) is 16.1 Å². The van der Waals surface area contributed by atoms with E-state index in [0.29, 0.717) is 6.42 Å². The van der Waals surface area contributed by atoms with Crippen molar-refractivity contribution >= 4 is 17.3 Å². The Balaban J connectivity index is 0.000000972. The molecule has 0 radical (unpaired) electrons. The van der Waals surface area contributed by atoms with E-state index < -0.39 is 16.8 Å². The normalized spacial score (nSPS) is 16.4. The number of nitrogens with zero attached hydrogens (tertiary/aromatic N) is 1. The summed E-state index contributed by atoms with van der Waals surface area (Å²) in [5.74, 6) is -0.561. The molecule has 25 heavy (non-hydrogen) atoms. The van der Waals surface area contributed by atoms with Crippen molar-refractivity contribution in [3.63, 3.8) is 0 Å². The number of hydrogen-bond donors (Lipinski definition) is 1. The minimum atomic E-state index is -0.737. The number of allylic oxidation sites excluding steroid dienone is 3. The fourth-order valence-electron chi connectivity index (χ4n) is 3.61. The van der Waals surface area contributed by atoms with Crippen LogP contribution in [0.25, 0.3) is 0 Å².